The lowest BCUT2D eigenvalue weighted by Gasteiger charge is -2.31. The second kappa shape index (κ2) is 11.7. The van der Waals surface area contributed by atoms with E-state index in [1.165, 1.54) is 0 Å². The molecule has 2 bridgehead atoms. The highest BCUT2D eigenvalue weighted by atomic mass is 32.1. The number of carbonyl (C=O) groups excluding carboxylic acids is 1. The molecule has 0 radical (unpaired) electrons. The molecule has 0 atom stereocenters. The number of hydrogen-bond donors (Lipinski definition) is 0. The van der Waals surface area contributed by atoms with Crippen LogP contribution in [0.15, 0.2) is 47.8 Å². The van der Waals surface area contributed by atoms with Gasteiger partial charge in [0.05, 0.1) is 58.0 Å². The maximum absolute atomic E-state index is 13.7. The van der Waals surface area contributed by atoms with Gasteiger partial charge in [-0.1, -0.05) is 24.3 Å². The summed E-state index contributed by atoms with van der Waals surface area (Å²) in [6.07, 6.45) is 0.281. The third kappa shape index (κ3) is 5.01. The zero-order valence-electron chi connectivity index (χ0n) is 19.9. The molecule has 8 heteroatoms. The predicted octanol–water partition coefficient (Wildman–Crippen LogP) is 4.36. The molecule has 1 aromatic heterocycles. The quantitative estimate of drug-likeness (QED) is 0.400. The summed E-state index contributed by atoms with van der Waals surface area (Å²) in [5.74, 6) is 0.890. The summed E-state index contributed by atoms with van der Waals surface area (Å²) >= 11 is 1.58. The fraction of sp³-hybridized carbons (Fsp3) is 0.357. The van der Waals surface area contributed by atoms with Crippen LogP contribution in [0.5, 0.6) is 11.5 Å². The van der Waals surface area contributed by atoms with Crippen LogP contribution in [-0.2, 0) is 20.6 Å². The molecule has 2 aliphatic rings. The molecule has 2 heterocycles. The van der Waals surface area contributed by atoms with Gasteiger partial charge in [0, 0.05) is 27.1 Å². The molecule has 1 aliphatic carbocycles. The van der Waals surface area contributed by atoms with Crippen molar-refractivity contribution < 1.29 is 28.5 Å². The summed E-state index contributed by atoms with van der Waals surface area (Å²) in [5.41, 5.74) is 3.75. The van der Waals surface area contributed by atoms with Crippen LogP contribution in [0.3, 0.4) is 0 Å². The molecule has 186 valence electrons. The molecule has 0 unspecified atom stereocenters. The van der Waals surface area contributed by atoms with Crippen molar-refractivity contribution in [1.29, 1.82) is 5.26 Å². The predicted molar refractivity (Wildman–Crippen MR) is 134 cm³/mol. The number of benzene rings is 2. The van der Waals surface area contributed by atoms with Gasteiger partial charge in [-0.15, -0.1) is 11.3 Å². The van der Waals surface area contributed by atoms with E-state index in [1.54, 1.807) is 11.3 Å². The molecule has 2 aromatic carbocycles. The molecule has 36 heavy (non-hydrogen) atoms. The van der Waals surface area contributed by atoms with Crippen molar-refractivity contribution >= 4 is 17.1 Å². The smallest absolute Gasteiger partial charge is 0.193 e. The van der Waals surface area contributed by atoms with Crippen LogP contribution in [0.1, 0.15) is 43.4 Å². The molecule has 0 saturated carbocycles. The van der Waals surface area contributed by atoms with Gasteiger partial charge in [0.1, 0.15) is 24.7 Å². The first kappa shape index (κ1) is 24.5. The first-order chi connectivity index (χ1) is 17.8. The average molecular weight is 506 g/mol. The van der Waals surface area contributed by atoms with Crippen LogP contribution in [0.4, 0.5) is 0 Å². The maximum atomic E-state index is 13.7. The van der Waals surface area contributed by atoms with Gasteiger partial charge in [-0.3, -0.25) is 4.79 Å². The lowest BCUT2D eigenvalue weighted by atomic mass is 9.75. The molecule has 0 saturated heterocycles. The Labute approximate surface area is 214 Å². The summed E-state index contributed by atoms with van der Waals surface area (Å²) in [4.78, 5) is 14.7. The summed E-state index contributed by atoms with van der Waals surface area (Å²) in [6, 6.07) is 15.4. The highest BCUT2D eigenvalue weighted by molar-refractivity contribution is 7.10. The van der Waals surface area contributed by atoms with E-state index in [0.29, 0.717) is 75.5 Å². The summed E-state index contributed by atoms with van der Waals surface area (Å²) in [6.45, 7) is 3.34. The molecular weight excluding hydrogens is 478 g/mol. The Balaban J connectivity index is 1.64. The molecule has 0 amide bonds. The fourth-order valence-electron chi connectivity index (χ4n) is 4.68. The third-order valence-electron chi connectivity index (χ3n) is 6.23. The minimum absolute atomic E-state index is 0.0652. The van der Waals surface area contributed by atoms with Gasteiger partial charge < -0.3 is 23.7 Å². The second-order valence-corrected chi connectivity index (χ2v) is 9.32. The van der Waals surface area contributed by atoms with E-state index in [9.17, 15) is 10.1 Å². The molecule has 1 aliphatic heterocycles. The van der Waals surface area contributed by atoms with Crippen molar-refractivity contribution in [3.05, 3.63) is 80.5 Å². The first-order valence-electron chi connectivity index (χ1n) is 12.0. The third-order valence-corrected chi connectivity index (χ3v) is 7.25. The van der Waals surface area contributed by atoms with Crippen molar-refractivity contribution in [1.82, 2.24) is 0 Å². The van der Waals surface area contributed by atoms with Crippen LogP contribution in [-0.4, -0.2) is 58.6 Å². The van der Waals surface area contributed by atoms with Crippen molar-refractivity contribution in [3.8, 4) is 17.6 Å². The molecule has 5 rings (SSSR count). The second-order valence-electron chi connectivity index (χ2n) is 8.38. The first-order valence-corrected chi connectivity index (χ1v) is 12.9. The van der Waals surface area contributed by atoms with E-state index in [1.807, 2.05) is 47.8 Å². The topological polar surface area (TPSA) is 87.0 Å². The summed E-state index contributed by atoms with van der Waals surface area (Å²) in [7, 11) is 0. The van der Waals surface area contributed by atoms with Crippen LogP contribution in [0.2, 0.25) is 0 Å². The zero-order chi connectivity index (χ0) is 24.7. The lowest BCUT2D eigenvalue weighted by molar-refractivity contribution is 0.00477. The summed E-state index contributed by atoms with van der Waals surface area (Å²) in [5, 5.41) is 11.5. The number of ketones is 1. The highest BCUT2D eigenvalue weighted by Crippen LogP contribution is 2.50. The Morgan fingerprint density at radius 2 is 1.31 bits per heavy atom. The molecule has 7 nitrogen and oxygen atoms in total. The standard InChI is InChI=1S/C28H27NO6S/c29-9-7-19-8-18-36-28(19)26-24-20-3-1-5-22(24)34-16-14-32-12-10-31-11-13-33-15-17-35-23-6-2-4-21(25(23)26)27(20)30/h1-6,8,18,26H,7,10-17H2. The van der Waals surface area contributed by atoms with Crippen LogP contribution in [0.25, 0.3) is 0 Å². The van der Waals surface area contributed by atoms with Gasteiger partial charge >= 0.3 is 0 Å². The highest BCUT2D eigenvalue weighted by Gasteiger charge is 2.38. The van der Waals surface area contributed by atoms with Crippen LogP contribution < -0.4 is 9.47 Å². The number of thiophene rings is 1. The van der Waals surface area contributed by atoms with Gasteiger partial charge in [0.25, 0.3) is 0 Å². The summed E-state index contributed by atoms with van der Waals surface area (Å²) < 4.78 is 29.2. The van der Waals surface area contributed by atoms with Gasteiger partial charge in [0.15, 0.2) is 5.78 Å². The average Bonchev–Trinajstić information content (AvgIpc) is 3.35. The minimum atomic E-state index is -0.308. The van der Waals surface area contributed by atoms with Gasteiger partial charge in [0.2, 0.25) is 0 Å². The Hall–Kier alpha value is -3.22. The van der Waals surface area contributed by atoms with Crippen molar-refractivity contribution in [2.45, 2.75) is 12.3 Å². The van der Waals surface area contributed by atoms with E-state index in [4.69, 9.17) is 23.7 Å². The van der Waals surface area contributed by atoms with E-state index in [2.05, 4.69) is 6.07 Å². The number of nitriles is 1. The number of nitrogens with zero attached hydrogens (tertiary/aromatic N) is 1. The van der Waals surface area contributed by atoms with Gasteiger partial charge in [-0.2, -0.15) is 5.26 Å². The molecule has 0 spiro atoms. The number of carbonyl (C=O) groups is 1. The van der Waals surface area contributed by atoms with E-state index < -0.39 is 0 Å². The molecule has 0 N–H and O–H groups in total. The Kier molecular flexibility index (Phi) is 7.94. The Bertz CT molecular complexity index is 1200. The molecular formula is C28H27NO6S. The van der Waals surface area contributed by atoms with Crippen LogP contribution >= 0.6 is 11.3 Å². The van der Waals surface area contributed by atoms with Crippen molar-refractivity contribution in [3.63, 3.8) is 0 Å². The van der Waals surface area contributed by atoms with E-state index in [0.717, 1.165) is 21.6 Å². The lowest BCUT2D eigenvalue weighted by Crippen LogP contribution is -2.23. The Morgan fingerprint density at radius 3 is 1.83 bits per heavy atom. The minimum Gasteiger partial charge on any atom is -0.491 e. The van der Waals surface area contributed by atoms with E-state index >= 15 is 0 Å². The van der Waals surface area contributed by atoms with Gasteiger partial charge in [-0.25, -0.2) is 0 Å². The molecule has 0 fully saturated rings. The zero-order valence-corrected chi connectivity index (χ0v) is 20.7. The monoisotopic (exact) mass is 505 g/mol. The number of ether oxygens (including phenoxy) is 5. The van der Waals surface area contributed by atoms with Crippen LogP contribution in [0, 0.1) is 11.3 Å². The van der Waals surface area contributed by atoms with Crippen molar-refractivity contribution in [2.75, 3.05) is 52.9 Å². The fourth-order valence-corrected chi connectivity index (χ4v) is 5.72. The Morgan fingerprint density at radius 1 is 0.778 bits per heavy atom. The van der Waals surface area contributed by atoms with E-state index in [-0.39, 0.29) is 18.1 Å². The maximum Gasteiger partial charge on any atom is 0.193 e. The SMILES string of the molecule is N#CCc1ccsc1C1c2c3cccc2C(=O)c2cccc(c21)OCCOCCOCCOCCO3. The van der Waals surface area contributed by atoms with Crippen molar-refractivity contribution in [2.24, 2.45) is 0 Å². The number of hydrogen-bond acceptors (Lipinski definition) is 8. The largest absolute Gasteiger partial charge is 0.491 e. The number of rotatable bonds is 2. The van der Waals surface area contributed by atoms with Gasteiger partial charge in [-0.05, 0) is 29.1 Å². The normalized spacial score (nSPS) is 17.2. The molecule has 3 aromatic rings.